The molecule has 0 atom stereocenters. The Kier molecular flexibility index (Phi) is 4.95. The number of carbonyl (C=O) groups is 1. The molecule has 0 spiro atoms. The number of hydrogen-bond acceptors (Lipinski definition) is 1. The van der Waals surface area contributed by atoms with Gasteiger partial charge in [0, 0.05) is 13.5 Å². The quantitative estimate of drug-likeness (QED) is 0.792. The van der Waals surface area contributed by atoms with Gasteiger partial charge in [-0.1, -0.05) is 24.3 Å². The maximum Gasteiger partial charge on any atom is 0.216 e. The van der Waals surface area contributed by atoms with Gasteiger partial charge < -0.3 is 5.32 Å². The maximum atomic E-state index is 10.7. The molecule has 1 amide bonds. The van der Waals surface area contributed by atoms with Crippen LogP contribution < -0.4 is 5.32 Å². The van der Waals surface area contributed by atoms with Crippen LogP contribution in [0.2, 0.25) is 0 Å². The number of nitrogens with one attached hydrogen (secondary N) is 1. The normalized spacial score (nSPS) is 10.8. The lowest BCUT2D eigenvalue weighted by Crippen LogP contribution is -2.20. The minimum absolute atomic E-state index is 0.0285. The van der Waals surface area contributed by atoms with Gasteiger partial charge in [-0.15, -0.1) is 0 Å². The van der Waals surface area contributed by atoms with Crippen molar-refractivity contribution in [3.05, 3.63) is 40.5 Å². The van der Waals surface area contributed by atoms with Crippen molar-refractivity contribution >= 4 is 12.0 Å². The Hall–Kier alpha value is -1.57. The first kappa shape index (κ1) is 13.5. The van der Waals surface area contributed by atoms with E-state index in [4.69, 9.17) is 0 Å². The highest BCUT2D eigenvalue weighted by Crippen LogP contribution is 2.16. The zero-order valence-electron chi connectivity index (χ0n) is 11.1. The van der Waals surface area contributed by atoms with Crippen molar-refractivity contribution in [2.45, 2.75) is 34.1 Å². The van der Waals surface area contributed by atoms with Gasteiger partial charge in [0.05, 0.1) is 0 Å². The fourth-order valence-corrected chi connectivity index (χ4v) is 1.70. The van der Waals surface area contributed by atoms with E-state index in [1.807, 2.05) is 0 Å². The first-order valence-electron chi connectivity index (χ1n) is 5.99. The molecular formula is C15H21NO. The lowest BCUT2D eigenvalue weighted by molar-refractivity contribution is -0.118. The van der Waals surface area contributed by atoms with Crippen molar-refractivity contribution in [2.75, 3.05) is 6.54 Å². The summed E-state index contributed by atoms with van der Waals surface area (Å²) in [7, 11) is 0. The standard InChI is InChI=1S/C15H21NO/c1-11-9-13(3)15(10-12(11)2)7-5-6-8-16-14(4)17/h5,7,9-10H,6,8H2,1-4H3,(H,16,17). The van der Waals surface area contributed by atoms with Crippen molar-refractivity contribution in [1.29, 1.82) is 0 Å². The Morgan fingerprint density at radius 1 is 1.18 bits per heavy atom. The number of rotatable bonds is 4. The molecule has 1 aromatic rings. The summed E-state index contributed by atoms with van der Waals surface area (Å²) >= 11 is 0. The van der Waals surface area contributed by atoms with E-state index < -0.39 is 0 Å². The van der Waals surface area contributed by atoms with Crippen LogP contribution in [0.25, 0.3) is 6.08 Å². The van der Waals surface area contributed by atoms with Gasteiger partial charge >= 0.3 is 0 Å². The van der Waals surface area contributed by atoms with Crippen LogP contribution in [0, 0.1) is 20.8 Å². The Balaban J connectivity index is 2.59. The zero-order chi connectivity index (χ0) is 12.8. The number of amides is 1. The number of aryl methyl sites for hydroxylation is 3. The average Bonchev–Trinajstić information content (AvgIpc) is 2.24. The lowest BCUT2D eigenvalue weighted by atomic mass is 10.0. The van der Waals surface area contributed by atoms with E-state index in [1.54, 1.807) is 0 Å². The number of carbonyl (C=O) groups excluding carboxylic acids is 1. The lowest BCUT2D eigenvalue weighted by Gasteiger charge is -2.06. The molecular weight excluding hydrogens is 210 g/mol. The molecule has 2 heteroatoms. The smallest absolute Gasteiger partial charge is 0.216 e. The molecule has 1 N–H and O–H groups in total. The molecule has 0 saturated heterocycles. The van der Waals surface area contributed by atoms with Crippen LogP contribution in [0.4, 0.5) is 0 Å². The van der Waals surface area contributed by atoms with E-state index in [9.17, 15) is 4.79 Å². The summed E-state index contributed by atoms with van der Waals surface area (Å²) in [5.41, 5.74) is 5.20. The SMILES string of the molecule is CC(=O)NCCC=Cc1cc(C)c(C)cc1C. The zero-order valence-corrected chi connectivity index (χ0v) is 11.1. The van der Waals surface area contributed by atoms with Gasteiger partial charge in [0.25, 0.3) is 0 Å². The highest BCUT2D eigenvalue weighted by atomic mass is 16.1. The molecule has 0 bridgehead atoms. The first-order chi connectivity index (χ1) is 8.00. The maximum absolute atomic E-state index is 10.7. The average molecular weight is 231 g/mol. The van der Waals surface area contributed by atoms with Gasteiger partial charge in [0.2, 0.25) is 5.91 Å². The highest BCUT2D eigenvalue weighted by Gasteiger charge is 1.98. The summed E-state index contributed by atoms with van der Waals surface area (Å²) in [6, 6.07) is 4.42. The minimum Gasteiger partial charge on any atom is -0.356 e. The summed E-state index contributed by atoms with van der Waals surface area (Å²) in [5.74, 6) is 0.0285. The van der Waals surface area contributed by atoms with Crippen LogP contribution in [0.5, 0.6) is 0 Å². The Bertz CT molecular complexity index is 433. The van der Waals surface area contributed by atoms with E-state index in [0.29, 0.717) is 6.54 Å². The van der Waals surface area contributed by atoms with E-state index in [-0.39, 0.29) is 5.91 Å². The third-order valence-electron chi connectivity index (χ3n) is 2.86. The summed E-state index contributed by atoms with van der Waals surface area (Å²) in [4.78, 5) is 10.7. The highest BCUT2D eigenvalue weighted by molar-refractivity contribution is 5.72. The van der Waals surface area contributed by atoms with Gasteiger partial charge in [0.15, 0.2) is 0 Å². The minimum atomic E-state index is 0.0285. The van der Waals surface area contributed by atoms with E-state index in [0.717, 1.165) is 6.42 Å². The van der Waals surface area contributed by atoms with Crippen LogP contribution in [-0.2, 0) is 4.79 Å². The monoisotopic (exact) mass is 231 g/mol. The molecule has 0 radical (unpaired) electrons. The molecule has 0 unspecified atom stereocenters. The fourth-order valence-electron chi connectivity index (χ4n) is 1.70. The van der Waals surface area contributed by atoms with Crippen molar-refractivity contribution in [1.82, 2.24) is 5.32 Å². The molecule has 92 valence electrons. The molecule has 0 aromatic heterocycles. The molecule has 2 nitrogen and oxygen atoms in total. The summed E-state index contributed by atoms with van der Waals surface area (Å²) in [6.07, 6.45) is 5.10. The van der Waals surface area contributed by atoms with Gasteiger partial charge in [0.1, 0.15) is 0 Å². The molecule has 1 aromatic carbocycles. The predicted molar refractivity (Wildman–Crippen MR) is 73.0 cm³/mol. The fraction of sp³-hybridized carbons (Fsp3) is 0.400. The predicted octanol–water partition coefficient (Wildman–Crippen LogP) is 3.15. The van der Waals surface area contributed by atoms with Crippen LogP contribution >= 0.6 is 0 Å². The second kappa shape index (κ2) is 6.24. The number of benzene rings is 1. The van der Waals surface area contributed by atoms with E-state index >= 15 is 0 Å². The third-order valence-corrected chi connectivity index (χ3v) is 2.86. The second-order valence-corrected chi connectivity index (χ2v) is 4.47. The van der Waals surface area contributed by atoms with Crippen molar-refractivity contribution in [3.63, 3.8) is 0 Å². The first-order valence-corrected chi connectivity index (χ1v) is 5.99. The van der Waals surface area contributed by atoms with Crippen LogP contribution in [0.3, 0.4) is 0 Å². The largest absolute Gasteiger partial charge is 0.356 e. The summed E-state index contributed by atoms with van der Waals surface area (Å²) in [6.45, 7) is 8.63. The van der Waals surface area contributed by atoms with Gasteiger partial charge in [-0.05, 0) is 49.4 Å². The summed E-state index contributed by atoms with van der Waals surface area (Å²) in [5, 5.41) is 2.78. The molecule has 0 saturated carbocycles. The van der Waals surface area contributed by atoms with Crippen molar-refractivity contribution in [3.8, 4) is 0 Å². The molecule has 0 aliphatic heterocycles. The van der Waals surface area contributed by atoms with E-state index in [1.165, 1.54) is 29.2 Å². The molecule has 17 heavy (non-hydrogen) atoms. The second-order valence-electron chi connectivity index (χ2n) is 4.47. The van der Waals surface area contributed by atoms with Gasteiger partial charge in [-0.3, -0.25) is 4.79 Å². The molecule has 0 heterocycles. The Labute approximate surface area is 104 Å². The molecule has 0 aliphatic rings. The van der Waals surface area contributed by atoms with Crippen molar-refractivity contribution in [2.24, 2.45) is 0 Å². The van der Waals surface area contributed by atoms with Crippen LogP contribution in [0.1, 0.15) is 35.6 Å². The molecule has 1 rings (SSSR count). The van der Waals surface area contributed by atoms with Crippen LogP contribution in [0.15, 0.2) is 18.2 Å². The van der Waals surface area contributed by atoms with Gasteiger partial charge in [-0.2, -0.15) is 0 Å². The van der Waals surface area contributed by atoms with E-state index in [2.05, 4.69) is 50.4 Å². The topological polar surface area (TPSA) is 29.1 Å². The Morgan fingerprint density at radius 2 is 1.82 bits per heavy atom. The number of hydrogen-bond donors (Lipinski definition) is 1. The van der Waals surface area contributed by atoms with Gasteiger partial charge in [-0.25, -0.2) is 0 Å². The Morgan fingerprint density at radius 3 is 2.47 bits per heavy atom. The molecule has 0 fully saturated rings. The third kappa shape index (κ3) is 4.43. The molecule has 0 aliphatic carbocycles. The van der Waals surface area contributed by atoms with Crippen LogP contribution in [-0.4, -0.2) is 12.5 Å². The van der Waals surface area contributed by atoms with Crippen molar-refractivity contribution < 1.29 is 4.79 Å². The summed E-state index contributed by atoms with van der Waals surface area (Å²) < 4.78 is 0.